The quantitative estimate of drug-likeness (QED) is 0.774. The summed E-state index contributed by atoms with van der Waals surface area (Å²) in [7, 11) is 0. The van der Waals surface area contributed by atoms with E-state index in [0.717, 1.165) is 43.9 Å². The monoisotopic (exact) mass is 259 g/mol. The lowest BCUT2D eigenvalue weighted by Crippen LogP contribution is -2.21. The lowest BCUT2D eigenvalue weighted by atomic mass is 10.2. The highest BCUT2D eigenvalue weighted by atomic mass is 15.1. The third-order valence-electron chi connectivity index (χ3n) is 3.36. The summed E-state index contributed by atoms with van der Waals surface area (Å²) < 4.78 is 2.33. The van der Waals surface area contributed by atoms with E-state index in [1.165, 1.54) is 11.3 Å². The Bertz CT molecular complexity index is 514. The van der Waals surface area contributed by atoms with Crippen LogP contribution in [0.15, 0.2) is 24.3 Å². The molecule has 0 amide bonds. The van der Waals surface area contributed by atoms with Crippen LogP contribution in [0.3, 0.4) is 0 Å². The summed E-state index contributed by atoms with van der Waals surface area (Å²) in [5, 5.41) is 3.49. The van der Waals surface area contributed by atoms with Crippen molar-refractivity contribution in [2.45, 2.75) is 40.2 Å². The van der Waals surface area contributed by atoms with Crippen LogP contribution in [0.1, 0.15) is 33.0 Å². The first kappa shape index (κ1) is 14.1. The molecule has 0 radical (unpaired) electrons. The Hall–Kier alpha value is -1.35. The van der Waals surface area contributed by atoms with Gasteiger partial charge in [0.25, 0.3) is 0 Å². The average molecular weight is 259 g/mol. The molecular formula is C16H25N3. The maximum absolute atomic E-state index is 4.75. The number of nitrogens with zero attached hydrogens (tertiary/aromatic N) is 2. The second-order valence-electron chi connectivity index (χ2n) is 5.46. The molecule has 0 fully saturated rings. The first-order valence-corrected chi connectivity index (χ1v) is 7.37. The molecule has 2 aromatic rings. The predicted molar refractivity (Wildman–Crippen MR) is 81.4 cm³/mol. The van der Waals surface area contributed by atoms with E-state index in [2.05, 4.69) is 54.9 Å². The van der Waals surface area contributed by atoms with E-state index in [9.17, 15) is 0 Å². The van der Waals surface area contributed by atoms with Crippen LogP contribution < -0.4 is 5.32 Å². The minimum absolute atomic E-state index is 0.722. The topological polar surface area (TPSA) is 29.9 Å². The van der Waals surface area contributed by atoms with Gasteiger partial charge in [0.1, 0.15) is 5.82 Å². The molecule has 1 aromatic carbocycles. The van der Waals surface area contributed by atoms with Gasteiger partial charge in [-0.2, -0.15) is 0 Å². The predicted octanol–water partition coefficient (Wildman–Crippen LogP) is 3.23. The van der Waals surface area contributed by atoms with E-state index in [1.807, 2.05) is 0 Å². The zero-order valence-electron chi connectivity index (χ0n) is 12.3. The summed E-state index contributed by atoms with van der Waals surface area (Å²) >= 11 is 0. The summed E-state index contributed by atoms with van der Waals surface area (Å²) in [6, 6.07) is 8.40. The fourth-order valence-corrected chi connectivity index (χ4v) is 2.43. The Morgan fingerprint density at radius 1 is 1.26 bits per heavy atom. The summed E-state index contributed by atoms with van der Waals surface area (Å²) in [5.41, 5.74) is 2.38. The van der Waals surface area contributed by atoms with Crippen LogP contribution in [0.25, 0.3) is 11.0 Å². The highest BCUT2D eigenvalue weighted by molar-refractivity contribution is 5.75. The average Bonchev–Trinajstić information content (AvgIpc) is 2.75. The second kappa shape index (κ2) is 6.71. The number of benzene rings is 1. The highest BCUT2D eigenvalue weighted by Crippen LogP contribution is 2.16. The van der Waals surface area contributed by atoms with Gasteiger partial charge in [0.15, 0.2) is 0 Å². The van der Waals surface area contributed by atoms with Gasteiger partial charge in [-0.25, -0.2) is 4.98 Å². The Balaban J connectivity index is 1.96. The molecule has 1 heterocycles. The summed E-state index contributed by atoms with van der Waals surface area (Å²) in [6.07, 6.45) is 2.20. The van der Waals surface area contributed by atoms with Gasteiger partial charge >= 0.3 is 0 Å². The third kappa shape index (κ3) is 3.57. The molecule has 0 aliphatic carbocycles. The SMILES string of the molecule is CCn1c(CCCNCC(C)C)nc2ccccc21. The number of hydrogen-bond donors (Lipinski definition) is 1. The van der Waals surface area contributed by atoms with Crippen molar-refractivity contribution in [1.82, 2.24) is 14.9 Å². The first-order valence-electron chi connectivity index (χ1n) is 7.37. The fraction of sp³-hybridized carbons (Fsp3) is 0.562. The maximum atomic E-state index is 4.75. The lowest BCUT2D eigenvalue weighted by molar-refractivity contribution is 0.537. The molecule has 0 unspecified atom stereocenters. The van der Waals surface area contributed by atoms with Crippen LogP contribution in [0.2, 0.25) is 0 Å². The Kier molecular flexibility index (Phi) is 4.97. The minimum Gasteiger partial charge on any atom is -0.328 e. The van der Waals surface area contributed by atoms with Crippen LogP contribution in [-0.4, -0.2) is 22.6 Å². The number of imidazole rings is 1. The zero-order chi connectivity index (χ0) is 13.7. The van der Waals surface area contributed by atoms with Crippen LogP contribution in [0.5, 0.6) is 0 Å². The van der Waals surface area contributed by atoms with E-state index < -0.39 is 0 Å². The maximum Gasteiger partial charge on any atom is 0.109 e. The Morgan fingerprint density at radius 3 is 2.79 bits per heavy atom. The molecule has 0 aliphatic heterocycles. The van der Waals surface area contributed by atoms with Gasteiger partial charge in [-0.15, -0.1) is 0 Å². The second-order valence-corrected chi connectivity index (χ2v) is 5.46. The number of fused-ring (bicyclic) bond motifs is 1. The molecule has 0 saturated heterocycles. The molecule has 2 rings (SSSR count). The molecule has 0 aliphatic rings. The molecule has 1 N–H and O–H groups in total. The van der Waals surface area contributed by atoms with Gasteiger partial charge in [-0.3, -0.25) is 0 Å². The zero-order valence-corrected chi connectivity index (χ0v) is 12.3. The molecule has 0 atom stereocenters. The Morgan fingerprint density at radius 2 is 2.05 bits per heavy atom. The van der Waals surface area contributed by atoms with Gasteiger partial charge in [0.2, 0.25) is 0 Å². The van der Waals surface area contributed by atoms with Crippen LogP contribution >= 0.6 is 0 Å². The molecule has 3 nitrogen and oxygen atoms in total. The number of rotatable bonds is 7. The number of nitrogens with one attached hydrogen (secondary N) is 1. The number of hydrogen-bond acceptors (Lipinski definition) is 2. The van der Waals surface area contributed by atoms with Gasteiger partial charge in [-0.1, -0.05) is 26.0 Å². The van der Waals surface area contributed by atoms with E-state index in [1.54, 1.807) is 0 Å². The summed E-state index contributed by atoms with van der Waals surface area (Å²) in [4.78, 5) is 4.75. The summed E-state index contributed by atoms with van der Waals surface area (Å²) in [6.45, 7) is 9.84. The standard InChI is InChI=1S/C16H25N3/c1-4-19-15-9-6-5-8-14(15)18-16(19)10-7-11-17-12-13(2)3/h5-6,8-9,13,17H,4,7,10-12H2,1-3H3. The van der Waals surface area contributed by atoms with E-state index in [4.69, 9.17) is 4.98 Å². The first-order chi connectivity index (χ1) is 9.22. The van der Waals surface area contributed by atoms with Gasteiger partial charge in [-0.05, 0) is 44.5 Å². The molecular weight excluding hydrogens is 234 g/mol. The van der Waals surface area contributed by atoms with Gasteiger partial charge < -0.3 is 9.88 Å². The molecule has 104 valence electrons. The minimum atomic E-state index is 0.722. The van der Waals surface area contributed by atoms with Crippen molar-refractivity contribution >= 4 is 11.0 Å². The number of aryl methyl sites for hydroxylation is 2. The molecule has 1 aromatic heterocycles. The van der Waals surface area contributed by atoms with Crippen molar-refractivity contribution < 1.29 is 0 Å². The smallest absolute Gasteiger partial charge is 0.109 e. The molecule has 19 heavy (non-hydrogen) atoms. The largest absolute Gasteiger partial charge is 0.328 e. The molecule has 3 heteroatoms. The Labute approximate surface area is 116 Å². The van der Waals surface area contributed by atoms with Crippen LogP contribution in [0.4, 0.5) is 0 Å². The highest BCUT2D eigenvalue weighted by Gasteiger charge is 2.08. The van der Waals surface area contributed by atoms with Crippen molar-refractivity contribution in [3.05, 3.63) is 30.1 Å². The summed E-state index contributed by atoms with van der Waals surface area (Å²) in [5.74, 6) is 1.94. The molecule has 0 bridgehead atoms. The molecule has 0 spiro atoms. The van der Waals surface area contributed by atoms with Gasteiger partial charge in [0.05, 0.1) is 11.0 Å². The van der Waals surface area contributed by atoms with E-state index in [0.29, 0.717) is 0 Å². The van der Waals surface area contributed by atoms with Crippen LogP contribution in [0, 0.1) is 5.92 Å². The molecule has 0 saturated carbocycles. The number of para-hydroxylation sites is 2. The normalized spacial score (nSPS) is 11.6. The van der Waals surface area contributed by atoms with Crippen molar-refractivity contribution in [3.8, 4) is 0 Å². The van der Waals surface area contributed by atoms with Crippen LogP contribution in [-0.2, 0) is 13.0 Å². The number of aromatic nitrogens is 2. The van der Waals surface area contributed by atoms with Gasteiger partial charge in [0, 0.05) is 13.0 Å². The van der Waals surface area contributed by atoms with Crippen molar-refractivity contribution in [1.29, 1.82) is 0 Å². The van der Waals surface area contributed by atoms with Crippen molar-refractivity contribution in [3.63, 3.8) is 0 Å². The third-order valence-corrected chi connectivity index (χ3v) is 3.36. The van der Waals surface area contributed by atoms with Crippen molar-refractivity contribution in [2.24, 2.45) is 5.92 Å². The van der Waals surface area contributed by atoms with E-state index >= 15 is 0 Å². The lowest BCUT2D eigenvalue weighted by Gasteiger charge is -2.08. The van der Waals surface area contributed by atoms with E-state index in [-0.39, 0.29) is 0 Å². The fourth-order valence-electron chi connectivity index (χ4n) is 2.43. The van der Waals surface area contributed by atoms with Crippen molar-refractivity contribution in [2.75, 3.05) is 13.1 Å².